The SMILES string of the molecule is CCOc1c(Br)cc(C=Cc2nc3cc(C)c(C)cc3s2)cc1OC.Cl. The number of hydrogen-bond donors (Lipinski definition) is 0. The molecule has 0 atom stereocenters. The fourth-order valence-electron chi connectivity index (χ4n) is 2.56. The average molecular weight is 455 g/mol. The molecule has 3 rings (SSSR count). The first-order valence-electron chi connectivity index (χ1n) is 8.08. The highest BCUT2D eigenvalue weighted by Crippen LogP contribution is 2.37. The molecule has 3 nitrogen and oxygen atoms in total. The third kappa shape index (κ3) is 4.40. The van der Waals surface area contributed by atoms with Crippen molar-refractivity contribution >= 4 is 62.0 Å². The number of rotatable bonds is 5. The van der Waals surface area contributed by atoms with Crippen LogP contribution in [0.1, 0.15) is 28.6 Å². The second kappa shape index (κ2) is 8.89. The monoisotopic (exact) mass is 453 g/mol. The molecule has 0 spiro atoms. The topological polar surface area (TPSA) is 31.4 Å². The molecule has 0 N–H and O–H groups in total. The molecule has 0 saturated carbocycles. The summed E-state index contributed by atoms with van der Waals surface area (Å²) < 4.78 is 13.2. The van der Waals surface area contributed by atoms with E-state index in [1.165, 1.54) is 15.8 Å². The number of hydrogen-bond acceptors (Lipinski definition) is 4. The number of thiazole rings is 1. The second-order valence-corrected chi connectivity index (χ2v) is 7.67. The van der Waals surface area contributed by atoms with E-state index in [2.05, 4.69) is 41.9 Å². The van der Waals surface area contributed by atoms with Crippen LogP contribution in [0.5, 0.6) is 11.5 Å². The molecule has 0 amide bonds. The molecule has 0 aliphatic heterocycles. The predicted octanol–water partition coefficient (Wildman–Crippen LogP) is 6.68. The molecule has 0 aliphatic carbocycles. The van der Waals surface area contributed by atoms with Crippen LogP contribution in [0.15, 0.2) is 28.7 Å². The molecule has 6 heteroatoms. The van der Waals surface area contributed by atoms with E-state index in [-0.39, 0.29) is 12.4 Å². The van der Waals surface area contributed by atoms with E-state index in [9.17, 15) is 0 Å². The molecule has 0 fully saturated rings. The van der Waals surface area contributed by atoms with Crippen molar-refractivity contribution in [2.75, 3.05) is 13.7 Å². The number of ether oxygens (including phenoxy) is 2. The molecule has 0 aliphatic rings. The van der Waals surface area contributed by atoms with Gasteiger partial charge in [-0.1, -0.05) is 6.08 Å². The molecule has 0 unspecified atom stereocenters. The highest BCUT2D eigenvalue weighted by molar-refractivity contribution is 9.10. The van der Waals surface area contributed by atoms with Crippen LogP contribution < -0.4 is 9.47 Å². The van der Waals surface area contributed by atoms with Gasteiger partial charge < -0.3 is 9.47 Å². The summed E-state index contributed by atoms with van der Waals surface area (Å²) in [7, 11) is 1.65. The summed E-state index contributed by atoms with van der Waals surface area (Å²) >= 11 is 5.26. The lowest BCUT2D eigenvalue weighted by molar-refractivity contribution is 0.309. The molecule has 2 aromatic carbocycles. The van der Waals surface area contributed by atoms with Crippen LogP contribution in [0.4, 0.5) is 0 Å². The smallest absolute Gasteiger partial charge is 0.175 e. The molecule has 1 aromatic heterocycles. The van der Waals surface area contributed by atoms with Gasteiger partial charge in [0.05, 0.1) is 28.4 Å². The Morgan fingerprint density at radius 1 is 1.12 bits per heavy atom. The van der Waals surface area contributed by atoms with Crippen LogP contribution in [-0.2, 0) is 0 Å². The van der Waals surface area contributed by atoms with E-state index in [1.54, 1.807) is 18.4 Å². The molecule has 0 radical (unpaired) electrons. The van der Waals surface area contributed by atoms with Crippen molar-refractivity contribution in [1.29, 1.82) is 0 Å². The van der Waals surface area contributed by atoms with Crippen molar-refractivity contribution < 1.29 is 9.47 Å². The Balaban J connectivity index is 0.00000243. The number of aryl methyl sites for hydroxylation is 2. The molecule has 3 aromatic rings. The minimum atomic E-state index is 0. The van der Waals surface area contributed by atoms with Crippen molar-refractivity contribution in [3.05, 3.63) is 50.4 Å². The van der Waals surface area contributed by atoms with Gasteiger partial charge in [0.1, 0.15) is 5.01 Å². The number of aromatic nitrogens is 1. The largest absolute Gasteiger partial charge is 0.493 e. The van der Waals surface area contributed by atoms with Gasteiger partial charge in [-0.05, 0) is 83.7 Å². The van der Waals surface area contributed by atoms with Crippen LogP contribution in [0, 0.1) is 13.8 Å². The molecule has 1 heterocycles. The third-order valence-electron chi connectivity index (χ3n) is 3.98. The molecule has 0 bridgehead atoms. The van der Waals surface area contributed by atoms with Gasteiger partial charge in [0.25, 0.3) is 0 Å². The maximum absolute atomic E-state index is 5.63. The van der Waals surface area contributed by atoms with Gasteiger partial charge in [-0.25, -0.2) is 4.98 Å². The molecule has 26 heavy (non-hydrogen) atoms. The van der Waals surface area contributed by atoms with Gasteiger partial charge in [0.2, 0.25) is 0 Å². The summed E-state index contributed by atoms with van der Waals surface area (Å²) in [4.78, 5) is 4.71. The van der Waals surface area contributed by atoms with Crippen molar-refractivity contribution in [3.8, 4) is 11.5 Å². The lowest BCUT2D eigenvalue weighted by Gasteiger charge is -2.12. The van der Waals surface area contributed by atoms with E-state index in [4.69, 9.17) is 14.5 Å². The van der Waals surface area contributed by atoms with Crippen LogP contribution in [0.25, 0.3) is 22.4 Å². The molecule has 138 valence electrons. The number of benzene rings is 2. The normalized spacial score (nSPS) is 11.0. The number of methoxy groups -OCH3 is 1. The first kappa shape index (κ1) is 20.7. The summed E-state index contributed by atoms with van der Waals surface area (Å²) in [6.07, 6.45) is 4.08. The Kier molecular flexibility index (Phi) is 7.09. The Morgan fingerprint density at radius 3 is 2.54 bits per heavy atom. The fraction of sp³-hybridized carbons (Fsp3) is 0.250. The van der Waals surface area contributed by atoms with Gasteiger partial charge in [-0.3, -0.25) is 0 Å². The van der Waals surface area contributed by atoms with E-state index in [1.807, 2.05) is 31.2 Å². The second-order valence-electron chi connectivity index (χ2n) is 5.76. The van der Waals surface area contributed by atoms with Crippen LogP contribution in [0.3, 0.4) is 0 Å². The van der Waals surface area contributed by atoms with Gasteiger partial charge in [-0.2, -0.15) is 0 Å². The maximum atomic E-state index is 5.63. The van der Waals surface area contributed by atoms with E-state index < -0.39 is 0 Å². The Bertz CT molecular complexity index is 914. The summed E-state index contributed by atoms with van der Waals surface area (Å²) in [6, 6.07) is 8.34. The van der Waals surface area contributed by atoms with E-state index in [0.29, 0.717) is 12.4 Å². The van der Waals surface area contributed by atoms with Crippen molar-refractivity contribution in [2.24, 2.45) is 0 Å². The van der Waals surface area contributed by atoms with Crippen molar-refractivity contribution in [3.63, 3.8) is 0 Å². The summed E-state index contributed by atoms with van der Waals surface area (Å²) in [5, 5.41) is 0.990. The quantitative estimate of drug-likeness (QED) is 0.431. The minimum Gasteiger partial charge on any atom is -0.493 e. The maximum Gasteiger partial charge on any atom is 0.175 e. The number of halogens is 2. The lowest BCUT2D eigenvalue weighted by Crippen LogP contribution is -1.96. The summed E-state index contributed by atoms with van der Waals surface area (Å²) in [6.45, 7) is 6.80. The Morgan fingerprint density at radius 2 is 1.85 bits per heavy atom. The minimum absolute atomic E-state index is 0. The molecular weight excluding hydrogens is 434 g/mol. The van der Waals surface area contributed by atoms with Gasteiger partial charge in [-0.15, -0.1) is 23.7 Å². The fourth-order valence-corrected chi connectivity index (χ4v) is 4.08. The van der Waals surface area contributed by atoms with Gasteiger partial charge in [0.15, 0.2) is 11.5 Å². The summed E-state index contributed by atoms with van der Waals surface area (Å²) in [5.74, 6) is 1.44. The van der Waals surface area contributed by atoms with Crippen molar-refractivity contribution in [1.82, 2.24) is 4.98 Å². The van der Waals surface area contributed by atoms with Gasteiger partial charge in [0, 0.05) is 0 Å². The first-order chi connectivity index (χ1) is 12.0. The molecular formula is C20H21BrClNO2S. The first-order valence-corrected chi connectivity index (χ1v) is 9.69. The molecule has 0 saturated heterocycles. The zero-order chi connectivity index (χ0) is 18.0. The zero-order valence-corrected chi connectivity index (χ0v) is 18.3. The van der Waals surface area contributed by atoms with Crippen molar-refractivity contribution in [2.45, 2.75) is 20.8 Å². The lowest BCUT2D eigenvalue weighted by atomic mass is 10.1. The standard InChI is InChI=1S/C20H20BrNO2S.ClH/c1-5-24-20-15(21)10-14(11-17(20)23-4)6-7-19-22-16-8-12(2)13(3)9-18(16)25-19;/h6-11H,5H2,1-4H3;1H. The summed E-state index contributed by atoms with van der Waals surface area (Å²) in [5.41, 5.74) is 4.65. The van der Waals surface area contributed by atoms with Crippen LogP contribution >= 0.6 is 39.7 Å². The Labute approximate surface area is 172 Å². The average Bonchev–Trinajstić information content (AvgIpc) is 2.97. The Hall–Kier alpha value is -1.56. The van der Waals surface area contributed by atoms with Crippen LogP contribution in [-0.4, -0.2) is 18.7 Å². The van der Waals surface area contributed by atoms with Gasteiger partial charge >= 0.3 is 0 Å². The van der Waals surface area contributed by atoms with Crippen LogP contribution in [0.2, 0.25) is 0 Å². The third-order valence-corrected chi connectivity index (χ3v) is 5.55. The van der Waals surface area contributed by atoms with E-state index in [0.717, 1.165) is 26.3 Å². The highest BCUT2D eigenvalue weighted by atomic mass is 79.9. The zero-order valence-electron chi connectivity index (χ0n) is 15.1. The predicted molar refractivity (Wildman–Crippen MR) is 117 cm³/mol. The number of nitrogens with zero attached hydrogens (tertiary/aromatic N) is 1. The highest BCUT2D eigenvalue weighted by Gasteiger charge is 2.10. The van der Waals surface area contributed by atoms with E-state index >= 15 is 0 Å². The number of fused-ring (bicyclic) bond motifs is 1.